The van der Waals surface area contributed by atoms with Crippen LogP contribution in [-0.2, 0) is 14.9 Å². The van der Waals surface area contributed by atoms with Gasteiger partial charge in [0.2, 0.25) is 0 Å². The number of nitrogens with zero attached hydrogens (tertiary/aromatic N) is 2. The van der Waals surface area contributed by atoms with Gasteiger partial charge in [-0.1, -0.05) is 25.1 Å². The van der Waals surface area contributed by atoms with Gasteiger partial charge in [0, 0.05) is 38.4 Å². The van der Waals surface area contributed by atoms with Gasteiger partial charge in [0.05, 0.1) is 23.4 Å². The molecule has 10 atom stereocenters. The summed E-state index contributed by atoms with van der Waals surface area (Å²) < 4.78 is 5.60. The number of aliphatic hydroxyl groups is 1. The number of quaternary nitrogens is 1. The van der Waals surface area contributed by atoms with Gasteiger partial charge >= 0.3 is 5.97 Å². The highest BCUT2D eigenvalue weighted by molar-refractivity contribution is 5.70. The van der Waals surface area contributed by atoms with E-state index < -0.39 is 10.9 Å². The van der Waals surface area contributed by atoms with Crippen LogP contribution in [0.4, 0.5) is 5.69 Å². The van der Waals surface area contributed by atoms with Crippen molar-refractivity contribution in [2.24, 2.45) is 17.8 Å². The predicted octanol–water partition coefficient (Wildman–Crippen LogP) is 2.14. The highest BCUT2D eigenvalue weighted by Gasteiger charge is 2.82. The average molecular weight is 384 g/mol. The van der Waals surface area contributed by atoms with Crippen molar-refractivity contribution in [3.8, 4) is 0 Å². The van der Waals surface area contributed by atoms with Crippen LogP contribution in [0.15, 0.2) is 24.3 Å². The number of hydrogen-bond donors (Lipinski definition) is 1. The van der Waals surface area contributed by atoms with E-state index >= 15 is 0 Å². The number of anilines is 1. The van der Waals surface area contributed by atoms with Gasteiger partial charge in [-0.05, 0) is 24.0 Å². The second-order valence-electron chi connectivity index (χ2n) is 9.71. The maximum atomic E-state index is 14.4. The maximum absolute atomic E-state index is 14.4. The first-order chi connectivity index (χ1) is 13.4. The molecule has 0 amide bonds. The molecule has 1 aromatic rings. The second kappa shape index (κ2) is 5.10. The molecule has 1 aliphatic carbocycles. The first-order valence-electron chi connectivity index (χ1n) is 10.6. The Morgan fingerprint density at radius 1 is 1.39 bits per heavy atom. The fourth-order valence-corrected chi connectivity index (χ4v) is 8.49. The number of piperidine rings is 4. The smallest absolute Gasteiger partial charge is 0.302 e. The van der Waals surface area contributed by atoms with Gasteiger partial charge < -0.3 is 24.6 Å². The van der Waals surface area contributed by atoms with E-state index in [4.69, 9.17) is 4.74 Å². The molecule has 4 saturated heterocycles. The third kappa shape index (κ3) is 1.56. The Labute approximate surface area is 165 Å². The molecule has 6 aliphatic rings. The number of carbonyl (C=O) groups is 1. The van der Waals surface area contributed by atoms with Crippen LogP contribution in [-0.4, -0.2) is 53.2 Å². The van der Waals surface area contributed by atoms with Crippen LogP contribution in [0.25, 0.3) is 0 Å². The molecule has 1 aromatic carbocycles. The van der Waals surface area contributed by atoms with Crippen LogP contribution in [0.1, 0.15) is 38.7 Å². The Kier molecular flexibility index (Phi) is 3.14. The lowest BCUT2D eigenvalue weighted by Crippen LogP contribution is -2.80. The summed E-state index contributed by atoms with van der Waals surface area (Å²) in [5.74, 6) is 0.00931. The number of fused-ring (bicyclic) bond motifs is 2. The molecule has 1 N–H and O–H groups in total. The van der Waals surface area contributed by atoms with Crippen LogP contribution in [0.3, 0.4) is 0 Å². The summed E-state index contributed by atoms with van der Waals surface area (Å²) in [6, 6.07) is 7.98. The molecule has 5 aliphatic heterocycles. The molecular formula is C22H28N2O4. The van der Waals surface area contributed by atoms with Gasteiger partial charge in [0.1, 0.15) is 12.1 Å². The lowest BCUT2D eigenvalue weighted by Gasteiger charge is -2.70. The van der Waals surface area contributed by atoms with E-state index in [2.05, 4.69) is 37.1 Å². The highest BCUT2D eigenvalue weighted by atomic mass is 16.6. The maximum Gasteiger partial charge on any atom is 0.302 e. The molecule has 7 rings (SSSR count). The van der Waals surface area contributed by atoms with Crippen LogP contribution in [0, 0.1) is 23.0 Å². The molecule has 28 heavy (non-hydrogen) atoms. The van der Waals surface area contributed by atoms with Gasteiger partial charge in [0.25, 0.3) is 0 Å². The number of hydroxylamine groups is 3. The molecule has 150 valence electrons. The molecule has 5 heterocycles. The Morgan fingerprint density at radius 2 is 2.14 bits per heavy atom. The van der Waals surface area contributed by atoms with Crippen LogP contribution >= 0.6 is 0 Å². The number of carbonyl (C=O) groups excluding carboxylic acids is 1. The summed E-state index contributed by atoms with van der Waals surface area (Å²) >= 11 is 0. The fraction of sp³-hybridized carbons (Fsp3) is 0.682. The van der Waals surface area contributed by atoms with Crippen molar-refractivity contribution in [1.82, 2.24) is 0 Å². The van der Waals surface area contributed by atoms with Gasteiger partial charge in [-0.25, -0.2) is 0 Å². The van der Waals surface area contributed by atoms with E-state index in [9.17, 15) is 15.1 Å². The summed E-state index contributed by atoms with van der Waals surface area (Å²) in [7, 11) is 2.07. The lowest BCUT2D eigenvalue weighted by molar-refractivity contribution is -1.00. The molecule has 1 saturated carbocycles. The van der Waals surface area contributed by atoms with Crippen molar-refractivity contribution in [2.45, 2.75) is 69.0 Å². The molecule has 6 heteroatoms. The first kappa shape index (κ1) is 17.2. The summed E-state index contributed by atoms with van der Waals surface area (Å²) in [6.07, 6.45) is 1.17. The average Bonchev–Trinajstić information content (AvgIpc) is 3.06. The Bertz CT molecular complexity index is 876. The summed E-state index contributed by atoms with van der Waals surface area (Å²) in [4.78, 5) is 14.4. The minimum atomic E-state index is -0.860. The number of para-hydroxylation sites is 1. The molecule has 3 unspecified atom stereocenters. The van der Waals surface area contributed by atoms with Crippen LogP contribution < -0.4 is 4.90 Å². The molecule has 5 fully saturated rings. The molecular weight excluding hydrogens is 356 g/mol. The monoisotopic (exact) mass is 384 g/mol. The Hall–Kier alpha value is -1.63. The van der Waals surface area contributed by atoms with Gasteiger partial charge in [0.15, 0.2) is 6.23 Å². The zero-order valence-electron chi connectivity index (χ0n) is 16.6. The van der Waals surface area contributed by atoms with Crippen molar-refractivity contribution in [3.63, 3.8) is 0 Å². The van der Waals surface area contributed by atoms with Crippen molar-refractivity contribution in [1.29, 1.82) is 0 Å². The predicted molar refractivity (Wildman–Crippen MR) is 103 cm³/mol. The zero-order chi connectivity index (χ0) is 19.6. The molecule has 0 aromatic heterocycles. The van der Waals surface area contributed by atoms with E-state index in [0.717, 1.165) is 18.5 Å². The van der Waals surface area contributed by atoms with Crippen LogP contribution in [0.2, 0.25) is 0 Å². The molecule has 5 bridgehead atoms. The molecule has 0 radical (unpaired) electrons. The fourth-order valence-electron chi connectivity index (χ4n) is 8.49. The van der Waals surface area contributed by atoms with E-state index in [1.54, 1.807) is 0 Å². The summed E-state index contributed by atoms with van der Waals surface area (Å²) in [5.41, 5.74) is 2.03. The standard InChI is InChI=1S/C22H28N2O4/c1-4-12-13-9-16-19-22(14-7-5-6-8-15(14)23(19)3)10-17(24(16,27)21(12)26)18(13)20(22)28-11(2)25/h5-8,12-13,16-21,26H,4,9-10H2,1-3H3/t12-,13-,16-,17-,18?,19-,20?,21+,22+,24?/m0/s1. The van der Waals surface area contributed by atoms with Gasteiger partial charge in [-0.2, -0.15) is 0 Å². The largest absolute Gasteiger partial charge is 0.630 e. The summed E-state index contributed by atoms with van der Waals surface area (Å²) in [6.45, 7) is 3.55. The first-order valence-corrected chi connectivity index (χ1v) is 10.6. The number of hydrogen-bond acceptors (Lipinski definition) is 5. The van der Waals surface area contributed by atoms with Crippen LogP contribution in [0.5, 0.6) is 0 Å². The number of esters is 1. The van der Waals surface area contributed by atoms with Crippen molar-refractivity contribution >= 4 is 11.7 Å². The molecule has 1 spiro atoms. The topological polar surface area (TPSA) is 72.8 Å². The number of likely N-dealkylation sites (N-methyl/N-ethyl adjacent to an activating group) is 1. The van der Waals surface area contributed by atoms with E-state index in [1.807, 2.05) is 6.07 Å². The zero-order valence-corrected chi connectivity index (χ0v) is 16.6. The van der Waals surface area contributed by atoms with Gasteiger partial charge in [-0.15, -0.1) is 0 Å². The Morgan fingerprint density at radius 3 is 2.86 bits per heavy atom. The highest BCUT2D eigenvalue weighted by Crippen LogP contribution is 2.71. The number of ether oxygens (including phenoxy) is 1. The van der Waals surface area contributed by atoms with E-state index in [-0.39, 0.29) is 53.4 Å². The quantitative estimate of drug-likeness (QED) is 0.480. The number of benzene rings is 1. The van der Waals surface area contributed by atoms with Crippen molar-refractivity contribution in [2.75, 3.05) is 11.9 Å². The van der Waals surface area contributed by atoms with E-state index in [1.165, 1.54) is 12.5 Å². The second-order valence-corrected chi connectivity index (χ2v) is 9.71. The van der Waals surface area contributed by atoms with Crippen molar-refractivity contribution < 1.29 is 19.3 Å². The SMILES string of the molecule is CC[C@H]1[C@@H]2C[C@H]3[C@@H]4N(C)c5ccccc5[C@]45C[C@@H](C2C5OC(C)=O)[N+]3([O-])[C@@H]1O. The normalized spacial score (nSPS) is 52.0. The number of rotatable bonds is 2. The van der Waals surface area contributed by atoms with Crippen molar-refractivity contribution in [3.05, 3.63) is 35.0 Å². The minimum Gasteiger partial charge on any atom is -0.630 e. The molecule has 6 nitrogen and oxygen atoms in total. The Balaban J connectivity index is 1.63. The lowest BCUT2D eigenvalue weighted by atomic mass is 9.62. The third-order valence-corrected chi connectivity index (χ3v) is 9.10. The third-order valence-electron chi connectivity index (χ3n) is 9.10. The number of aliphatic hydroxyl groups excluding tert-OH is 1. The van der Waals surface area contributed by atoms with Gasteiger partial charge in [-0.3, -0.25) is 4.79 Å². The summed E-state index contributed by atoms with van der Waals surface area (Å²) in [5, 5.41) is 25.6. The minimum absolute atomic E-state index is 0.0115. The van der Waals surface area contributed by atoms with E-state index in [0.29, 0.717) is 6.42 Å².